The Morgan fingerprint density at radius 2 is 1.68 bits per heavy atom. The topological polar surface area (TPSA) is 77.0 Å². The van der Waals surface area contributed by atoms with Gasteiger partial charge in [-0.05, 0) is 60.9 Å². The van der Waals surface area contributed by atoms with Gasteiger partial charge in [-0.3, -0.25) is 9.78 Å². The van der Waals surface area contributed by atoms with E-state index in [2.05, 4.69) is 20.3 Å². The molecule has 6 nitrogen and oxygen atoms in total. The normalized spacial score (nSPS) is 10.5. The summed E-state index contributed by atoms with van der Waals surface area (Å²) in [6.45, 7) is 4.35. The SMILES string of the molecule is Cc1ccc(-c2cc(Oc3ncccn3)cc(C(=O)NCc3ccc(C)nc3)c2)cc1. The standard InChI is InChI=1S/C25H22N4O2/c1-17-4-8-20(9-5-17)21-12-22(14-23(13-21)31-25-26-10-3-11-27-25)24(30)29-16-19-7-6-18(2)28-15-19/h3-15H,16H2,1-2H3,(H,29,30). The number of carbonyl (C=O) groups is 1. The minimum absolute atomic E-state index is 0.201. The average Bonchev–Trinajstić information content (AvgIpc) is 2.79. The fourth-order valence-corrected chi connectivity index (χ4v) is 3.03. The molecule has 154 valence electrons. The van der Waals surface area contributed by atoms with Gasteiger partial charge in [0.15, 0.2) is 0 Å². The minimum atomic E-state index is -0.201. The van der Waals surface area contributed by atoms with Crippen LogP contribution in [0.25, 0.3) is 11.1 Å². The molecule has 1 N–H and O–H groups in total. The Labute approximate surface area is 181 Å². The molecule has 0 saturated heterocycles. The molecule has 0 radical (unpaired) electrons. The Bertz CT molecular complexity index is 1170. The number of aromatic nitrogens is 3. The number of nitrogens with one attached hydrogen (secondary N) is 1. The summed E-state index contributed by atoms with van der Waals surface area (Å²) in [4.78, 5) is 25.4. The molecule has 2 aromatic heterocycles. The van der Waals surface area contributed by atoms with Crippen LogP contribution >= 0.6 is 0 Å². The summed E-state index contributed by atoms with van der Waals surface area (Å²) in [5, 5.41) is 2.95. The Morgan fingerprint density at radius 1 is 0.903 bits per heavy atom. The van der Waals surface area contributed by atoms with Gasteiger partial charge in [0, 0.05) is 36.4 Å². The van der Waals surface area contributed by atoms with Gasteiger partial charge in [-0.25, -0.2) is 9.97 Å². The number of nitrogens with zero attached hydrogens (tertiary/aromatic N) is 3. The van der Waals surface area contributed by atoms with Crippen LogP contribution in [0.3, 0.4) is 0 Å². The molecule has 0 aliphatic carbocycles. The third-order valence-electron chi connectivity index (χ3n) is 4.73. The number of rotatable bonds is 6. The highest BCUT2D eigenvalue weighted by Crippen LogP contribution is 2.28. The first-order chi connectivity index (χ1) is 15.1. The van der Waals surface area contributed by atoms with Crippen molar-refractivity contribution in [2.45, 2.75) is 20.4 Å². The van der Waals surface area contributed by atoms with E-state index in [-0.39, 0.29) is 11.9 Å². The van der Waals surface area contributed by atoms with Gasteiger partial charge < -0.3 is 10.1 Å². The number of benzene rings is 2. The lowest BCUT2D eigenvalue weighted by molar-refractivity contribution is 0.0950. The maximum atomic E-state index is 12.9. The van der Waals surface area contributed by atoms with Crippen molar-refractivity contribution in [2.75, 3.05) is 0 Å². The van der Waals surface area contributed by atoms with Crippen LogP contribution in [0.1, 0.15) is 27.2 Å². The highest BCUT2D eigenvalue weighted by molar-refractivity contribution is 5.96. The van der Waals surface area contributed by atoms with E-state index in [4.69, 9.17) is 4.74 Å². The second-order valence-corrected chi connectivity index (χ2v) is 7.24. The first kappa shape index (κ1) is 20.2. The van der Waals surface area contributed by atoms with Crippen molar-refractivity contribution in [2.24, 2.45) is 0 Å². The number of ether oxygens (including phenoxy) is 1. The van der Waals surface area contributed by atoms with Crippen LogP contribution < -0.4 is 10.1 Å². The van der Waals surface area contributed by atoms with Gasteiger partial charge in [-0.1, -0.05) is 35.9 Å². The summed E-state index contributed by atoms with van der Waals surface area (Å²) >= 11 is 0. The van der Waals surface area contributed by atoms with Crippen molar-refractivity contribution in [3.63, 3.8) is 0 Å². The number of carbonyl (C=O) groups excluding carboxylic acids is 1. The second-order valence-electron chi connectivity index (χ2n) is 7.24. The minimum Gasteiger partial charge on any atom is -0.424 e. The molecular weight excluding hydrogens is 388 g/mol. The van der Waals surface area contributed by atoms with Gasteiger partial charge in [0.05, 0.1) is 0 Å². The first-order valence-electron chi connectivity index (χ1n) is 9.93. The zero-order valence-electron chi connectivity index (χ0n) is 17.4. The van der Waals surface area contributed by atoms with Crippen molar-refractivity contribution in [3.8, 4) is 22.9 Å². The molecule has 0 spiro atoms. The second kappa shape index (κ2) is 9.17. The van der Waals surface area contributed by atoms with Crippen molar-refractivity contribution >= 4 is 5.91 Å². The monoisotopic (exact) mass is 410 g/mol. The van der Waals surface area contributed by atoms with Gasteiger partial charge in [0.1, 0.15) is 5.75 Å². The fraction of sp³-hybridized carbons (Fsp3) is 0.120. The van der Waals surface area contributed by atoms with Crippen molar-refractivity contribution in [1.82, 2.24) is 20.3 Å². The zero-order chi connectivity index (χ0) is 21.6. The molecule has 0 atom stereocenters. The van der Waals surface area contributed by atoms with E-state index in [1.165, 1.54) is 5.56 Å². The molecule has 0 aliphatic rings. The predicted molar refractivity (Wildman–Crippen MR) is 119 cm³/mol. The quantitative estimate of drug-likeness (QED) is 0.490. The molecule has 0 saturated carbocycles. The summed E-state index contributed by atoms with van der Waals surface area (Å²) in [5.41, 5.74) is 5.38. The summed E-state index contributed by atoms with van der Waals surface area (Å²) in [6.07, 6.45) is 4.98. The number of hydrogen-bond acceptors (Lipinski definition) is 5. The van der Waals surface area contributed by atoms with Gasteiger partial charge >= 0.3 is 6.01 Å². The maximum absolute atomic E-state index is 12.9. The number of pyridine rings is 1. The molecule has 2 aromatic carbocycles. The third-order valence-corrected chi connectivity index (χ3v) is 4.73. The largest absolute Gasteiger partial charge is 0.424 e. The van der Waals surface area contributed by atoms with E-state index in [1.54, 1.807) is 30.7 Å². The molecule has 0 unspecified atom stereocenters. The highest BCUT2D eigenvalue weighted by Gasteiger charge is 2.12. The fourth-order valence-electron chi connectivity index (χ4n) is 3.03. The van der Waals surface area contributed by atoms with Crippen molar-refractivity contribution in [1.29, 1.82) is 0 Å². The van der Waals surface area contributed by atoms with Gasteiger partial charge in [-0.2, -0.15) is 0 Å². The van der Waals surface area contributed by atoms with E-state index in [9.17, 15) is 4.79 Å². The molecule has 2 heterocycles. The lowest BCUT2D eigenvalue weighted by Crippen LogP contribution is -2.23. The summed E-state index contributed by atoms with van der Waals surface area (Å²) in [7, 11) is 0. The van der Waals surface area contributed by atoms with Crippen LogP contribution in [0.2, 0.25) is 0 Å². The molecule has 4 rings (SSSR count). The van der Waals surface area contributed by atoms with Crippen LogP contribution in [0.15, 0.2) is 79.3 Å². The average molecular weight is 410 g/mol. The molecule has 0 aliphatic heterocycles. The molecular formula is C25H22N4O2. The number of amides is 1. The van der Waals surface area contributed by atoms with E-state index in [0.29, 0.717) is 17.9 Å². The lowest BCUT2D eigenvalue weighted by atomic mass is 10.0. The molecule has 0 bridgehead atoms. The lowest BCUT2D eigenvalue weighted by Gasteiger charge is -2.11. The zero-order valence-corrected chi connectivity index (χ0v) is 17.4. The van der Waals surface area contributed by atoms with E-state index in [1.807, 2.05) is 62.4 Å². The molecule has 6 heteroatoms. The molecule has 31 heavy (non-hydrogen) atoms. The molecule has 0 fully saturated rings. The van der Waals surface area contributed by atoms with Crippen molar-refractivity contribution in [3.05, 3.63) is 102 Å². The van der Waals surface area contributed by atoms with E-state index >= 15 is 0 Å². The van der Waals surface area contributed by atoms with Crippen LogP contribution in [-0.2, 0) is 6.54 Å². The Hall–Kier alpha value is -4.06. The predicted octanol–water partition coefficient (Wildman–Crippen LogP) is 4.88. The summed E-state index contributed by atoms with van der Waals surface area (Å²) in [6, 6.07) is 19.3. The van der Waals surface area contributed by atoms with Crippen molar-refractivity contribution < 1.29 is 9.53 Å². The van der Waals surface area contributed by atoms with Crippen LogP contribution in [-0.4, -0.2) is 20.9 Å². The maximum Gasteiger partial charge on any atom is 0.321 e. The van der Waals surface area contributed by atoms with Gasteiger partial charge in [0.2, 0.25) is 0 Å². The molecule has 4 aromatic rings. The first-order valence-corrected chi connectivity index (χ1v) is 9.93. The van der Waals surface area contributed by atoms with Gasteiger partial charge in [-0.15, -0.1) is 0 Å². The Morgan fingerprint density at radius 3 is 2.39 bits per heavy atom. The number of aryl methyl sites for hydroxylation is 2. The number of hydrogen-bond donors (Lipinski definition) is 1. The highest BCUT2D eigenvalue weighted by atomic mass is 16.5. The van der Waals surface area contributed by atoms with Crippen LogP contribution in [0, 0.1) is 13.8 Å². The summed E-state index contributed by atoms with van der Waals surface area (Å²) in [5.74, 6) is 0.291. The van der Waals surface area contributed by atoms with Crippen LogP contribution in [0.5, 0.6) is 11.8 Å². The van der Waals surface area contributed by atoms with E-state index in [0.717, 1.165) is 22.4 Å². The van der Waals surface area contributed by atoms with E-state index < -0.39 is 0 Å². The van der Waals surface area contributed by atoms with Gasteiger partial charge in [0.25, 0.3) is 5.91 Å². The third kappa shape index (κ3) is 5.30. The van der Waals surface area contributed by atoms with Crippen LogP contribution in [0.4, 0.5) is 0 Å². The smallest absolute Gasteiger partial charge is 0.321 e. The Balaban J connectivity index is 1.62. The molecule has 1 amide bonds. The Kier molecular flexibility index (Phi) is 5.98. The summed E-state index contributed by atoms with van der Waals surface area (Å²) < 4.78 is 5.82.